The molecule has 0 saturated carbocycles. The van der Waals surface area contributed by atoms with Crippen molar-refractivity contribution in [1.82, 2.24) is 0 Å². The van der Waals surface area contributed by atoms with Crippen molar-refractivity contribution < 1.29 is 8.78 Å². The maximum Gasteiger partial charge on any atom is 0.145 e. The third-order valence-electron chi connectivity index (χ3n) is 1.87. The second kappa shape index (κ2) is 6.20. The van der Waals surface area contributed by atoms with Gasteiger partial charge in [0.25, 0.3) is 0 Å². The predicted molar refractivity (Wildman–Crippen MR) is 63.0 cm³/mol. The van der Waals surface area contributed by atoms with Gasteiger partial charge >= 0.3 is 0 Å². The highest BCUT2D eigenvalue weighted by Crippen LogP contribution is 2.27. The van der Waals surface area contributed by atoms with Crippen molar-refractivity contribution in [3.8, 4) is 0 Å². The lowest BCUT2D eigenvalue weighted by atomic mass is 10.0. The summed E-state index contributed by atoms with van der Waals surface area (Å²) in [6, 6.07) is 1.81. The largest absolute Gasteiger partial charge is 0.324 e. The third kappa shape index (κ3) is 3.26. The molecule has 1 nitrogen and oxygen atoms in total. The number of hydrogen-bond acceptors (Lipinski definition) is 1. The van der Waals surface area contributed by atoms with E-state index < -0.39 is 17.7 Å². The van der Waals surface area contributed by atoms with E-state index in [2.05, 4.69) is 22.5 Å². The van der Waals surface area contributed by atoms with Crippen molar-refractivity contribution in [1.29, 1.82) is 0 Å². The fourth-order valence-corrected chi connectivity index (χ4v) is 1.53. The third-order valence-corrected chi connectivity index (χ3v) is 2.48. The Morgan fingerprint density at radius 3 is 2.60 bits per heavy atom. The maximum absolute atomic E-state index is 13.4. The molecule has 1 aromatic carbocycles. The van der Waals surface area contributed by atoms with Gasteiger partial charge in [0, 0.05) is 11.6 Å². The van der Waals surface area contributed by atoms with Gasteiger partial charge in [0.2, 0.25) is 0 Å². The molecule has 5 heteroatoms. The molecule has 84 valence electrons. The molecule has 15 heavy (non-hydrogen) atoms. The van der Waals surface area contributed by atoms with Gasteiger partial charge in [-0.15, -0.1) is 19.0 Å². The van der Waals surface area contributed by atoms with Crippen LogP contribution in [0, 0.1) is 11.6 Å². The predicted octanol–water partition coefficient (Wildman–Crippen LogP) is 3.73. The van der Waals surface area contributed by atoms with Gasteiger partial charge in [0.05, 0.1) is 4.47 Å². The van der Waals surface area contributed by atoms with Crippen molar-refractivity contribution in [3.05, 3.63) is 46.5 Å². The SMILES string of the molecule is C=CC[C@H](N)c1c(F)ccc(Br)c1F.Cl. The zero-order valence-electron chi connectivity index (χ0n) is 7.84. The summed E-state index contributed by atoms with van der Waals surface area (Å²) in [5, 5.41) is 0. The van der Waals surface area contributed by atoms with Crippen molar-refractivity contribution in [2.24, 2.45) is 5.73 Å². The molecule has 1 aromatic rings. The molecule has 0 spiro atoms. The summed E-state index contributed by atoms with van der Waals surface area (Å²) < 4.78 is 26.9. The van der Waals surface area contributed by atoms with Crippen LogP contribution in [0.15, 0.2) is 29.3 Å². The highest BCUT2D eigenvalue weighted by Gasteiger charge is 2.17. The van der Waals surface area contributed by atoms with Crippen LogP contribution in [0.25, 0.3) is 0 Å². The molecule has 0 unspecified atom stereocenters. The van der Waals surface area contributed by atoms with E-state index in [0.29, 0.717) is 6.42 Å². The average molecular weight is 299 g/mol. The first-order valence-electron chi connectivity index (χ1n) is 4.07. The lowest BCUT2D eigenvalue weighted by Crippen LogP contribution is -2.13. The van der Waals surface area contributed by atoms with Crippen molar-refractivity contribution >= 4 is 28.3 Å². The molecule has 0 heterocycles. The molecule has 0 bridgehead atoms. The Hall–Kier alpha value is -0.450. The Morgan fingerprint density at radius 1 is 1.47 bits per heavy atom. The van der Waals surface area contributed by atoms with E-state index in [0.717, 1.165) is 0 Å². The van der Waals surface area contributed by atoms with Gasteiger partial charge in [-0.25, -0.2) is 8.78 Å². The van der Waals surface area contributed by atoms with Gasteiger partial charge in [-0.2, -0.15) is 0 Å². The van der Waals surface area contributed by atoms with E-state index in [1.54, 1.807) is 0 Å². The van der Waals surface area contributed by atoms with E-state index in [1.165, 1.54) is 18.2 Å². The van der Waals surface area contributed by atoms with E-state index in [1.807, 2.05) is 0 Å². The standard InChI is InChI=1S/C10H10BrF2N.ClH/c1-2-3-8(14)9-7(12)5-4-6(11)10(9)13;/h2,4-5,8H,1,3,14H2;1H/t8-;/m0./s1. The monoisotopic (exact) mass is 297 g/mol. The second-order valence-electron chi connectivity index (χ2n) is 2.89. The molecular formula is C10H11BrClF2N. The Bertz CT molecular complexity index is 358. The van der Waals surface area contributed by atoms with Crippen LogP contribution in [0.4, 0.5) is 8.78 Å². The molecule has 0 radical (unpaired) electrons. The lowest BCUT2D eigenvalue weighted by Gasteiger charge is -2.12. The molecule has 0 aliphatic carbocycles. The number of hydrogen-bond donors (Lipinski definition) is 1. The fourth-order valence-electron chi connectivity index (χ4n) is 1.18. The normalized spacial score (nSPS) is 11.7. The molecule has 0 saturated heterocycles. The Kier molecular flexibility index (Phi) is 6.02. The summed E-state index contributed by atoms with van der Waals surface area (Å²) in [5.74, 6) is -1.26. The van der Waals surface area contributed by atoms with Crippen LogP contribution in [0.5, 0.6) is 0 Å². The van der Waals surface area contributed by atoms with Gasteiger partial charge in [0.15, 0.2) is 0 Å². The first kappa shape index (κ1) is 14.6. The molecule has 0 fully saturated rings. The summed E-state index contributed by atoms with van der Waals surface area (Å²) in [6.45, 7) is 3.47. The van der Waals surface area contributed by atoms with Crippen LogP contribution in [0.3, 0.4) is 0 Å². The highest BCUT2D eigenvalue weighted by molar-refractivity contribution is 9.10. The first-order valence-corrected chi connectivity index (χ1v) is 4.87. The molecule has 0 amide bonds. The van der Waals surface area contributed by atoms with Gasteiger partial charge in [-0.1, -0.05) is 6.08 Å². The number of benzene rings is 1. The Balaban J connectivity index is 0.00000196. The zero-order chi connectivity index (χ0) is 10.7. The Labute approximate surface area is 102 Å². The maximum atomic E-state index is 13.4. The van der Waals surface area contributed by atoms with Gasteiger partial charge < -0.3 is 5.73 Å². The van der Waals surface area contributed by atoms with Crippen LogP contribution in [0.2, 0.25) is 0 Å². The van der Waals surface area contributed by atoms with Gasteiger partial charge in [-0.05, 0) is 34.5 Å². The minimum atomic E-state index is -0.690. The summed E-state index contributed by atoms with van der Waals surface area (Å²) in [6.07, 6.45) is 1.87. The van der Waals surface area contributed by atoms with E-state index >= 15 is 0 Å². The summed E-state index contributed by atoms with van der Waals surface area (Å²) >= 11 is 2.98. The summed E-state index contributed by atoms with van der Waals surface area (Å²) in [7, 11) is 0. The molecule has 1 atom stereocenters. The lowest BCUT2D eigenvalue weighted by molar-refractivity contribution is 0.523. The molecule has 0 aromatic heterocycles. The fraction of sp³-hybridized carbons (Fsp3) is 0.200. The number of halogens is 4. The second-order valence-corrected chi connectivity index (χ2v) is 3.74. The number of nitrogens with two attached hydrogens (primary N) is 1. The molecular weight excluding hydrogens is 287 g/mol. The van der Waals surface area contributed by atoms with Crippen LogP contribution in [-0.4, -0.2) is 0 Å². The van der Waals surface area contributed by atoms with Crippen molar-refractivity contribution in [2.75, 3.05) is 0 Å². The summed E-state index contributed by atoms with van der Waals surface area (Å²) in [5.41, 5.74) is 5.51. The van der Waals surface area contributed by atoms with E-state index in [-0.39, 0.29) is 22.4 Å². The molecule has 0 aliphatic rings. The quantitative estimate of drug-likeness (QED) is 0.668. The van der Waals surface area contributed by atoms with Crippen LogP contribution in [0.1, 0.15) is 18.0 Å². The van der Waals surface area contributed by atoms with Crippen LogP contribution in [-0.2, 0) is 0 Å². The van der Waals surface area contributed by atoms with E-state index in [9.17, 15) is 8.78 Å². The van der Waals surface area contributed by atoms with Crippen LogP contribution >= 0.6 is 28.3 Å². The minimum Gasteiger partial charge on any atom is -0.324 e. The average Bonchev–Trinajstić information content (AvgIpc) is 2.13. The summed E-state index contributed by atoms with van der Waals surface area (Å²) in [4.78, 5) is 0. The molecule has 0 aliphatic heterocycles. The topological polar surface area (TPSA) is 26.0 Å². The first-order chi connectivity index (χ1) is 6.57. The number of rotatable bonds is 3. The van der Waals surface area contributed by atoms with Crippen LogP contribution < -0.4 is 5.73 Å². The van der Waals surface area contributed by atoms with Crippen molar-refractivity contribution in [2.45, 2.75) is 12.5 Å². The molecule has 2 N–H and O–H groups in total. The Morgan fingerprint density at radius 2 is 2.07 bits per heavy atom. The highest BCUT2D eigenvalue weighted by atomic mass is 79.9. The smallest absolute Gasteiger partial charge is 0.145 e. The van der Waals surface area contributed by atoms with Gasteiger partial charge in [0.1, 0.15) is 11.6 Å². The zero-order valence-corrected chi connectivity index (χ0v) is 10.2. The van der Waals surface area contributed by atoms with E-state index in [4.69, 9.17) is 5.73 Å². The minimum absolute atomic E-state index is 0. The van der Waals surface area contributed by atoms with Crippen molar-refractivity contribution in [3.63, 3.8) is 0 Å². The molecule has 1 rings (SSSR count). The van der Waals surface area contributed by atoms with Gasteiger partial charge in [-0.3, -0.25) is 0 Å².